The first kappa shape index (κ1) is 13.5. The summed E-state index contributed by atoms with van der Waals surface area (Å²) >= 11 is 0. The van der Waals surface area contributed by atoms with Crippen molar-refractivity contribution in [1.82, 2.24) is 4.98 Å². The number of aryl methyl sites for hydroxylation is 1. The molecule has 94 valence electrons. The van der Waals surface area contributed by atoms with E-state index in [2.05, 4.69) is 4.98 Å². The summed E-state index contributed by atoms with van der Waals surface area (Å²) in [4.78, 5) is 26.3. The second kappa shape index (κ2) is 5.66. The molecule has 4 nitrogen and oxygen atoms in total. The zero-order valence-electron chi connectivity index (χ0n) is 10.8. The van der Waals surface area contributed by atoms with E-state index < -0.39 is 0 Å². The number of carbonyl (C=O) groups is 2. The van der Waals surface area contributed by atoms with E-state index in [9.17, 15) is 9.59 Å². The van der Waals surface area contributed by atoms with E-state index >= 15 is 0 Å². The van der Waals surface area contributed by atoms with Crippen LogP contribution in [-0.4, -0.2) is 23.3 Å². The summed E-state index contributed by atoms with van der Waals surface area (Å²) in [7, 11) is 0. The Labute approximate surface area is 101 Å². The first-order valence-corrected chi connectivity index (χ1v) is 5.92. The standard InChI is InChI=1S/C13H19NO3/c1-5-7-10-11(9(4)15)8(3)14-12(10)13(16)17-6-2/h14H,5-7H2,1-4H3. The molecule has 1 heterocycles. The smallest absolute Gasteiger partial charge is 0.355 e. The predicted octanol–water partition coefficient (Wildman–Crippen LogP) is 2.65. The van der Waals surface area contributed by atoms with Crippen molar-refractivity contribution in [2.75, 3.05) is 6.61 Å². The maximum atomic E-state index is 11.8. The topological polar surface area (TPSA) is 59.2 Å². The third-order valence-corrected chi connectivity index (χ3v) is 2.62. The zero-order valence-corrected chi connectivity index (χ0v) is 10.8. The summed E-state index contributed by atoms with van der Waals surface area (Å²) in [5.41, 5.74) is 2.59. The lowest BCUT2D eigenvalue weighted by Crippen LogP contribution is -2.09. The molecular weight excluding hydrogens is 218 g/mol. The predicted molar refractivity (Wildman–Crippen MR) is 65.5 cm³/mol. The van der Waals surface area contributed by atoms with Crippen LogP contribution in [0.1, 0.15) is 59.3 Å². The Balaban J connectivity index is 3.25. The number of rotatable bonds is 5. The van der Waals surface area contributed by atoms with Crippen molar-refractivity contribution in [3.63, 3.8) is 0 Å². The summed E-state index contributed by atoms with van der Waals surface area (Å²) in [6.07, 6.45) is 1.58. The number of aromatic nitrogens is 1. The van der Waals surface area contributed by atoms with Gasteiger partial charge in [-0.1, -0.05) is 13.3 Å². The maximum absolute atomic E-state index is 11.8. The van der Waals surface area contributed by atoms with E-state index in [1.165, 1.54) is 6.92 Å². The third kappa shape index (κ3) is 2.75. The minimum Gasteiger partial charge on any atom is -0.461 e. The average Bonchev–Trinajstić information content (AvgIpc) is 2.56. The van der Waals surface area contributed by atoms with E-state index in [0.29, 0.717) is 24.3 Å². The van der Waals surface area contributed by atoms with Crippen molar-refractivity contribution in [3.05, 3.63) is 22.5 Å². The Hall–Kier alpha value is -1.58. The fourth-order valence-corrected chi connectivity index (χ4v) is 2.03. The molecule has 0 aliphatic heterocycles. The number of aromatic amines is 1. The van der Waals surface area contributed by atoms with Crippen molar-refractivity contribution in [3.8, 4) is 0 Å². The number of Topliss-reactive ketones (excluding diaryl/α,β-unsaturated/α-hetero) is 1. The Kier molecular flexibility index (Phi) is 4.49. The normalized spacial score (nSPS) is 10.4. The third-order valence-electron chi connectivity index (χ3n) is 2.62. The van der Waals surface area contributed by atoms with Gasteiger partial charge in [0.1, 0.15) is 5.69 Å². The van der Waals surface area contributed by atoms with Crippen LogP contribution in [0.4, 0.5) is 0 Å². The highest BCUT2D eigenvalue weighted by Crippen LogP contribution is 2.22. The van der Waals surface area contributed by atoms with Crippen LogP contribution in [0.2, 0.25) is 0 Å². The number of hydrogen-bond donors (Lipinski definition) is 1. The van der Waals surface area contributed by atoms with Gasteiger partial charge in [-0.3, -0.25) is 4.79 Å². The second-order valence-electron chi connectivity index (χ2n) is 4.01. The van der Waals surface area contributed by atoms with Gasteiger partial charge in [-0.25, -0.2) is 4.79 Å². The van der Waals surface area contributed by atoms with E-state index in [-0.39, 0.29) is 11.8 Å². The van der Waals surface area contributed by atoms with E-state index in [1.54, 1.807) is 13.8 Å². The van der Waals surface area contributed by atoms with Crippen molar-refractivity contribution in [1.29, 1.82) is 0 Å². The van der Waals surface area contributed by atoms with Gasteiger partial charge in [-0.15, -0.1) is 0 Å². The van der Waals surface area contributed by atoms with Crippen LogP contribution in [0.25, 0.3) is 0 Å². The molecule has 1 aromatic rings. The highest BCUT2D eigenvalue weighted by Gasteiger charge is 2.22. The molecule has 0 aliphatic carbocycles. The van der Waals surface area contributed by atoms with Gasteiger partial charge in [-0.05, 0) is 32.8 Å². The molecule has 0 amide bonds. The van der Waals surface area contributed by atoms with Crippen LogP contribution >= 0.6 is 0 Å². The fraction of sp³-hybridized carbons (Fsp3) is 0.538. The molecule has 17 heavy (non-hydrogen) atoms. The van der Waals surface area contributed by atoms with Gasteiger partial charge in [0.15, 0.2) is 5.78 Å². The van der Waals surface area contributed by atoms with Gasteiger partial charge in [0.05, 0.1) is 6.61 Å². The van der Waals surface area contributed by atoms with Crippen LogP contribution in [0.15, 0.2) is 0 Å². The molecule has 0 bridgehead atoms. The highest BCUT2D eigenvalue weighted by molar-refractivity contribution is 6.01. The molecule has 0 aromatic carbocycles. The molecular formula is C13H19NO3. The Bertz CT molecular complexity index is 432. The monoisotopic (exact) mass is 237 g/mol. The van der Waals surface area contributed by atoms with E-state index in [4.69, 9.17) is 4.74 Å². The number of hydrogen-bond acceptors (Lipinski definition) is 3. The molecule has 0 atom stereocenters. The Morgan fingerprint density at radius 2 is 1.94 bits per heavy atom. The maximum Gasteiger partial charge on any atom is 0.355 e. The minimum absolute atomic E-state index is 0.0160. The van der Waals surface area contributed by atoms with Crippen molar-refractivity contribution in [2.24, 2.45) is 0 Å². The van der Waals surface area contributed by atoms with Crippen molar-refractivity contribution < 1.29 is 14.3 Å². The number of esters is 1. The molecule has 0 fully saturated rings. The average molecular weight is 237 g/mol. The summed E-state index contributed by atoms with van der Waals surface area (Å²) in [5.74, 6) is -0.399. The SMILES string of the molecule is CCCc1c(C(=O)OCC)[nH]c(C)c1C(C)=O. The van der Waals surface area contributed by atoms with Gasteiger partial charge in [0.25, 0.3) is 0 Å². The van der Waals surface area contributed by atoms with E-state index in [0.717, 1.165) is 17.7 Å². The van der Waals surface area contributed by atoms with Gasteiger partial charge in [0, 0.05) is 11.3 Å². The van der Waals surface area contributed by atoms with Crippen LogP contribution in [0.3, 0.4) is 0 Å². The lowest BCUT2D eigenvalue weighted by atomic mass is 10.0. The first-order chi connectivity index (χ1) is 8.02. The molecule has 0 spiro atoms. The molecule has 0 saturated carbocycles. The van der Waals surface area contributed by atoms with Crippen molar-refractivity contribution in [2.45, 2.75) is 40.5 Å². The molecule has 0 unspecified atom stereocenters. The lowest BCUT2D eigenvalue weighted by molar-refractivity contribution is 0.0519. The zero-order chi connectivity index (χ0) is 13.0. The molecule has 0 aliphatic rings. The van der Waals surface area contributed by atoms with Crippen molar-refractivity contribution >= 4 is 11.8 Å². The molecule has 0 saturated heterocycles. The van der Waals surface area contributed by atoms with Crippen LogP contribution in [0, 0.1) is 6.92 Å². The fourth-order valence-electron chi connectivity index (χ4n) is 2.03. The van der Waals surface area contributed by atoms with Crippen LogP contribution < -0.4 is 0 Å². The van der Waals surface area contributed by atoms with Gasteiger partial charge in [-0.2, -0.15) is 0 Å². The largest absolute Gasteiger partial charge is 0.461 e. The number of ketones is 1. The summed E-state index contributed by atoms with van der Waals surface area (Å²) in [6, 6.07) is 0. The van der Waals surface area contributed by atoms with E-state index in [1.807, 2.05) is 6.92 Å². The molecule has 4 heteroatoms. The molecule has 1 N–H and O–H groups in total. The van der Waals surface area contributed by atoms with Crippen LogP contribution in [0.5, 0.6) is 0 Å². The summed E-state index contributed by atoms with van der Waals surface area (Å²) in [6.45, 7) is 7.43. The number of nitrogens with one attached hydrogen (secondary N) is 1. The number of ether oxygens (including phenoxy) is 1. The quantitative estimate of drug-likeness (QED) is 0.632. The summed E-state index contributed by atoms with van der Waals surface area (Å²) in [5, 5.41) is 0. The first-order valence-electron chi connectivity index (χ1n) is 5.92. The number of H-pyrrole nitrogens is 1. The van der Waals surface area contributed by atoms with Gasteiger partial charge < -0.3 is 9.72 Å². The Morgan fingerprint density at radius 3 is 2.41 bits per heavy atom. The lowest BCUT2D eigenvalue weighted by Gasteiger charge is -2.04. The Morgan fingerprint density at radius 1 is 1.29 bits per heavy atom. The second-order valence-corrected chi connectivity index (χ2v) is 4.01. The molecule has 0 radical (unpaired) electrons. The van der Waals surface area contributed by atoms with Crippen LogP contribution in [-0.2, 0) is 11.2 Å². The molecule has 1 rings (SSSR count). The van der Waals surface area contributed by atoms with Gasteiger partial charge >= 0.3 is 5.97 Å². The number of carbonyl (C=O) groups excluding carboxylic acids is 2. The summed E-state index contributed by atoms with van der Waals surface area (Å²) < 4.78 is 4.98. The highest BCUT2D eigenvalue weighted by atomic mass is 16.5. The minimum atomic E-state index is -0.383. The van der Waals surface area contributed by atoms with Gasteiger partial charge in [0.2, 0.25) is 0 Å². The molecule has 1 aromatic heterocycles.